The molecule has 2 rings (SSSR count). The highest BCUT2D eigenvalue weighted by Crippen LogP contribution is 2.24. The van der Waals surface area contributed by atoms with Crippen LogP contribution in [0.25, 0.3) is 10.8 Å². The van der Waals surface area contributed by atoms with Crippen LogP contribution >= 0.6 is 0 Å². The minimum atomic E-state index is -2.49. The highest BCUT2D eigenvalue weighted by molar-refractivity contribution is 7.78. The lowest BCUT2D eigenvalue weighted by atomic mass is 10.1. The second-order valence-corrected chi connectivity index (χ2v) is 4.59. The SMILES string of the molecule is O=S([O-])Cc1ccc2cc(C(F)F)ccc2c1. The first-order valence-electron chi connectivity index (χ1n) is 4.93. The smallest absolute Gasteiger partial charge is 0.263 e. The van der Waals surface area contributed by atoms with Gasteiger partial charge in [-0.2, -0.15) is 0 Å². The largest absolute Gasteiger partial charge is 0.772 e. The second kappa shape index (κ2) is 4.89. The fourth-order valence-electron chi connectivity index (χ4n) is 1.68. The van der Waals surface area contributed by atoms with E-state index >= 15 is 0 Å². The summed E-state index contributed by atoms with van der Waals surface area (Å²) in [5.41, 5.74) is 0.619. The predicted octanol–water partition coefficient (Wildman–Crippen LogP) is 3.16. The van der Waals surface area contributed by atoms with Gasteiger partial charge in [-0.25, -0.2) is 8.78 Å². The predicted molar refractivity (Wildman–Crippen MR) is 61.5 cm³/mol. The molecule has 0 radical (unpaired) electrons. The van der Waals surface area contributed by atoms with Crippen molar-refractivity contribution in [3.05, 3.63) is 47.5 Å². The molecule has 2 nitrogen and oxygen atoms in total. The molecular formula is C12H9F2O2S-. The lowest BCUT2D eigenvalue weighted by molar-refractivity contribution is 0.151. The van der Waals surface area contributed by atoms with Gasteiger partial charge in [-0.1, -0.05) is 41.4 Å². The summed E-state index contributed by atoms with van der Waals surface area (Å²) in [6, 6.07) is 9.33. The molecule has 0 fully saturated rings. The summed E-state index contributed by atoms with van der Waals surface area (Å²) in [4.78, 5) is 0. The van der Waals surface area contributed by atoms with E-state index in [2.05, 4.69) is 0 Å². The fourth-order valence-corrected chi connectivity index (χ4v) is 2.13. The molecule has 17 heavy (non-hydrogen) atoms. The average Bonchev–Trinajstić information content (AvgIpc) is 2.27. The third-order valence-electron chi connectivity index (χ3n) is 2.47. The molecule has 1 unspecified atom stereocenters. The number of alkyl halides is 2. The Morgan fingerprint density at radius 1 is 1.12 bits per heavy atom. The van der Waals surface area contributed by atoms with Crippen molar-refractivity contribution in [2.24, 2.45) is 0 Å². The highest BCUT2D eigenvalue weighted by atomic mass is 32.2. The summed E-state index contributed by atoms with van der Waals surface area (Å²) in [6.45, 7) is 0. The number of rotatable bonds is 3. The normalized spacial score (nSPS) is 13.2. The molecule has 0 aliphatic rings. The van der Waals surface area contributed by atoms with Crippen molar-refractivity contribution in [1.82, 2.24) is 0 Å². The van der Waals surface area contributed by atoms with Crippen LogP contribution in [0.3, 0.4) is 0 Å². The van der Waals surface area contributed by atoms with Crippen molar-refractivity contribution in [3.63, 3.8) is 0 Å². The quantitative estimate of drug-likeness (QED) is 0.790. The van der Waals surface area contributed by atoms with E-state index in [0.717, 1.165) is 5.39 Å². The second-order valence-electron chi connectivity index (χ2n) is 3.69. The van der Waals surface area contributed by atoms with E-state index in [1.807, 2.05) is 0 Å². The van der Waals surface area contributed by atoms with Crippen LogP contribution in [0.5, 0.6) is 0 Å². The van der Waals surface area contributed by atoms with Crippen LogP contribution in [-0.4, -0.2) is 8.76 Å². The van der Waals surface area contributed by atoms with Crippen LogP contribution in [0.4, 0.5) is 8.78 Å². The van der Waals surface area contributed by atoms with E-state index in [9.17, 15) is 17.5 Å². The molecule has 0 amide bonds. The molecule has 90 valence electrons. The molecule has 0 saturated carbocycles. The third-order valence-corrected chi connectivity index (χ3v) is 3.03. The van der Waals surface area contributed by atoms with Crippen LogP contribution < -0.4 is 0 Å². The Morgan fingerprint density at radius 2 is 1.76 bits per heavy atom. The number of benzene rings is 2. The Labute approximate surface area is 99.6 Å². The Kier molecular flexibility index (Phi) is 3.49. The molecule has 0 heterocycles. The van der Waals surface area contributed by atoms with Crippen molar-refractivity contribution >= 4 is 21.9 Å². The zero-order valence-corrected chi connectivity index (χ0v) is 9.55. The first-order valence-corrected chi connectivity index (χ1v) is 6.17. The summed E-state index contributed by atoms with van der Waals surface area (Å²) >= 11 is -2.14. The minimum Gasteiger partial charge on any atom is -0.772 e. The number of fused-ring (bicyclic) bond motifs is 1. The molecule has 5 heteroatoms. The van der Waals surface area contributed by atoms with Crippen molar-refractivity contribution in [2.45, 2.75) is 12.2 Å². The van der Waals surface area contributed by atoms with Crippen LogP contribution in [-0.2, 0) is 16.8 Å². The maximum atomic E-state index is 12.5. The Morgan fingerprint density at radius 3 is 2.41 bits per heavy atom. The zero-order chi connectivity index (χ0) is 12.4. The lowest BCUT2D eigenvalue weighted by Gasteiger charge is -2.07. The van der Waals surface area contributed by atoms with Gasteiger partial charge in [-0.05, 0) is 22.4 Å². The van der Waals surface area contributed by atoms with Crippen molar-refractivity contribution in [1.29, 1.82) is 0 Å². The molecule has 0 N–H and O–H groups in total. The molecule has 1 atom stereocenters. The van der Waals surface area contributed by atoms with Crippen LogP contribution in [0, 0.1) is 0 Å². The van der Waals surface area contributed by atoms with Crippen LogP contribution in [0.15, 0.2) is 36.4 Å². The molecule has 0 aromatic heterocycles. The lowest BCUT2D eigenvalue weighted by Crippen LogP contribution is -1.93. The van der Waals surface area contributed by atoms with Gasteiger partial charge in [0.05, 0.1) is 0 Å². The van der Waals surface area contributed by atoms with Crippen molar-refractivity contribution < 1.29 is 17.5 Å². The first kappa shape index (κ1) is 12.1. The van der Waals surface area contributed by atoms with E-state index in [1.54, 1.807) is 24.3 Å². The van der Waals surface area contributed by atoms with Crippen molar-refractivity contribution in [3.8, 4) is 0 Å². The molecule has 2 aromatic rings. The fraction of sp³-hybridized carbons (Fsp3) is 0.167. The third kappa shape index (κ3) is 2.87. The first-order chi connectivity index (χ1) is 8.06. The Bertz CT molecular complexity index is 569. The number of hydrogen-bond acceptors (Lipinski definition) is 2. The van der Waals surface area contributed by atoms with Gasteiger partial charge in [0.1, 0.15) is 0 Å². The summed E-state index contributed by atoms with van der Waals surface area (Å²) in [5.74, 6) is -0.0630. The molecule has 2 aromatic carbocycles. The highest BCUT2D eigenvalue weighted by Gasteiger charge is 2.07. The molecule has 0 aliphatic heterocycles. The van der Waals surface area contributed by atoms with Gasteiger partial charge in [0.2, 0.25) is 0 Å². The summed E-state index contributed by atoms with van der Waals surface area (Å²) in [5, 5.41) is 1.44. The van der Waals surface area contributed by atoms with Gasteiger partial charge in [-0.15, -0.1) is 0 Å². The van der Waals surface area contributed by atoms with E-state index in [0.29, 0.717) is 10.9 Å². The standard InChI is InChI=1S/C12H10F2O2S/c13-12(14)11-4-3-9-5-8(7-17(15)16)1-2-10(9)6-11/h1-6,12H,7H2,(H,15,16)/p-1. The van der Waals surface area contributed by atoms with Gasteiger partial charge >= 0.3 is 0 Å². The van der Waals surface area contributed by atoms with Crippen molar-refractivity contribution in [2.75, 3.05) is 0 Å². The van der Waals surface area contributed by atoms with E-state index in [-0.39, 0.29) is 11.3 Å². The van der Waals surface area contributed by atoms with Crippen LogP contribution in [0.1, 0.15) is 17.6 Å². The number of halogens is 2. The Hall–Kier alpha value is -1.33. The number of hydrogen-bond donors (Lipinski definition) is 0. The molecule has 0 aliphatic carbocycles. The van der Waals surface area contributed by atoms with Gasteiger partial charge < -0.3 is 4.55 Å². The van der Waals surface area contributed by atoms with Gasteiger partial charge in [-0.3, -0.25) is 4.21 Å². The zero-order valence-electron chi connectivity index (χ0n) is 8.73. The van der Waals surface area contributed by atoms with E-state index in [4.69, 9.17) is 0 Å². The maximum Gasteiger partial charge on any atom is 0.263 e. The summed E-state index contributed by atoms with van der Waals surface area (Å²) < 4.78 is 46.0. The topological polar surface area (TPSA) is 40.1 Å². The minimum absolute atomic E-state index is 0.0300. The molecule has 0 spiro atoms. The maximum absolute atomic E-state index is 12.5. The van der Waals surface area contributed by atoms with E-state index in [1.165, 1.54) is 12.1 Å². The van der Waals surface area contributed by atoms with Gasteiger partial charge in [0.25, 0.3) is 6.43 Å². The van der Waals surface area contributed by atoms with E-state index < -0.39 is 17.5 Å². The molecular weight excluding hydrogens is 246 g/mol. The monoisotopic (exact) mass is 255 g/mol. The average molecular weight is 255 g/mol. The summed E-state index contributed by atoms with van der Waals surface area (Å²) in [6.07, 6.45) is -2.49. The van der Waals surface area contributed by atoms with Crippen LogP contribution in [0.2, 0.25) is 0 Å². The Balaban J connectivity index is 2.43. The van der Waals surface area contributed by atoms with Gasteiger partial charge in [0.15, 0.2) is 0 Å². The molecule has 0 bridgehead atoms. The van der Waals surface area contributed by atoms with Gasteiger partial charge in [0, 0.05) is 11.3 Å². The summed E-state index contributed by atoms with van der Waals surface area (Å²) in [7, 11) is 0. The molecule has 0 saturated heterocycles.